The van der Waals surface area contributed by atoms with Gasteiger partial charge in [0.15, 0.2) is 0 Å². The number of carbonyl (C=O) groups is 2. The number of nitrogens with one attached hydrogen (secondary N) is 1. The second-order valence-electron chi connectivity index (χ2n) is 7.40. The largest absolute Gasteiger partial charge is 0.497 e. The molecule has 28 heavy (non-hydrogen) atoms. The standard InChI is InChI=1S/C20H24N4O3S/c1-27-16-8-6-13(7-9-16)10-17-22-23-20(28-17)21-19(26)14-11-18(25)24(12-14)15-4-2-3-5-15/h6-9,14-15H,2-5,10-12H2,1H3,(H,21,23,26)/t14-/m0/s1. The van der Waals surface area contributed by atoms with Crippen molar-refractivity contribution >= 4 is 28.3 Å². The van der Waals surface area contributed by atoms with E-state index >= 15 is 0 Å². The number of likely N-dealkylation sites (tertiary alicyclic amines) is 1. The van der Waals surface area contributed by atoms with Crippen LogP contribution in [-0.2, 0) is 16.0 Å². The molecule has 2 amide bonds. The van der Waals surface area contributed by atoms with Crippen molar-refractivity contribution in [2.24, 2.45) is 5.92 Å². The molecule has 0 spiro atoms. The fraction of sp³-hybridized carbons (Fsp3) is 0.500. The van der Waals surface area contributed by atoms with Crippen LogP contribution in [-0.4, -0.2) is 46.6 Å². The third-order valence-electron chi connectivity index (χ3n) is 5.51. The van der Waals surface area contributed by atoms with Crippen LogP contribution in [0.15, 0.2) is 24.3 Å². The van der Waals surface area contributed by atoms with Gasteiger partial charge >= 0.3 is 0 Å². The Labute approximate surface area is 168 Å². The molecule has 148 valence electrons. The van der Waals surface area contributed by atoms with Crippen molar-refractivity contribution in [3.8, 4) is 5.75 Å². The predicted octanol–water partition coefficient (Wildman–Crippen LogP) is 2.87. The zero-order valence-electron chi connectivity index (χ0n) is 15.9. The molecule has 1 aromatic heterocycles. The lowest BCUT2D eigenvalue weighted by atomic mass is 10.1. The number of carbonyl (C=O) groups excluding carboxylic acids is 2. The highest BCUT2D eigenvalue weighted by atomic mass is 32.1. The third-order valence-corrected chi connectivity index (χ3v) is 6.34. The van der Waals surface area contributed by atoms with E-state index in [1.807, 2.05) is 29.2 Å². The molecule has 2 heterocycles. The van der Waals surface area contributed by atoms with Gasteiger partial charge in [-0.3, -0.25) is 9.59 Å². The predicted molar refractivity (Wildman–Crippen MR) is 106 cm³/mol. The Balaban J connectivity index is 1.33. The van der Waals surface area contributed by atoms with Crippen molar-refractivity contribution in [1.29, 1.82) is 0 Å². The number of hydrogen-bond acceptors (Lipinski definition) is 6. The molecule has 2 aromatic rings. The van der Waals surface area contributed by atoms with Gasteiger partial charge in [-0.05, 0) is 30.5 Å². The summed E-state index contributed by atoms with van der Waals surface area (Å²) in [5, 5.41) is 12.4. The molecule has 2 fully saturated rings. The van der Waals surface area contributed by atoms with Crippen molar-refractivity contribution in [3.63, 3.8) is 0 Å². The van der Waals surface area contributed by atoms with Crippen molar-refractivity contribution in [3.05, 3.63) is 34.8 Å². The van der Waals surface area contributed by atoms with Crippen molar-refractivity contribution in [2.75, 3.05) is 19.0 Å². The number of nitrogens with zero attached hydrogens (tertiary/aromatic N) is 3. The number of anilines is 1. The summed E-state index contributed by atoms with van der Waals surface area (Å²) >= 11 is 1.37. The smallest absolute Gasteiger partial charge is 0.231 e. The SMILES string of the molecule is COc1ccc(Cc2nnc(NC(=O)[C@H]3CC(=O)N(C4CCCC4)C3)s2)cc1. The minimum absolute atomic E-state index is 0.101. The van der Waals surface area contributed by atoms with E-state index in [2.05, 4.69) is 15.5 Å². The number of methoxy groups -OCH3 is 1. The summed E-state index contributed by atoms with van der Waals surface area (Å²) in [5.74, 6) is 0.472. The van der Waals surface area contributed by atoms with Gasteiger partial charge < -0.3 is 15.0 Å². The number of rotatable bonds is 6. The molecule has 1 aliphatic heterocycles. The monoisotopic (exact) mass is 400 g/mol. The van der Waals surface area contributed by atoms with Gasteiger partial charge in [-0.1, -0.05) is 36.3 Å². The van der Waals surface area contributed by atoms with Gasteiger partial charge in [-0.2, -0.15) is 0 Å². The molecule has 1 N–H and O–H groups in total. The van der Waals surface area contributed by atoms with E-state index in [1.165, 1.54) is 24.2 Å². The Morgan fingerprint density at radius 3 is 2.71 bits per heavy atom. The number of hydrogen-bond donors (Lipinski definition) is 1. The van der Waals surface area contributed by atoms with Gasteiger partial charge in [0.05, 0.1) is 13.0 Å². The van der Waals surface area contributed by atoms with Gasteiger partial charge in [0, 0.05) is 25.4 Å². The lowest BCUT2D eigenvalue weighted by Crippen LogP contribution is -2.35. The fourth-order valence-electron chi connectivity index (χ4n) is 3.98. The minimum Gasteiger partial charge on any atom is -0.497 e. The molecule has 1 saturated heterocycles. The Hall–Kier alpha value is -2.48. The highest BCUT2D eigenvalue weighted by molar-refractivity contribution is 7.15. The summed E-state index contributed by atoms with van der Waals surface area (Å²) in [5.41, 5.74) is 1.10. The van der Waals surface area contributed by atoms with Crippen LogP contribution >= 0.6 is 11.3 Å². The number of amides is 2. The molecule has 4 rings (SSSR count). The molecule has 1 atom stereocenters. The zero-order valence-corrected chi connectivity index (χ0v) is 16.7. The lowest BCUT2D eigenvalue weighted by Gasteiger charge is -2.23. The molecule has 2 aliphatic rings. The van der Waals surface area contributed by atoms with E-state index in [4.69, 9.17) is 4.74 Å². The summed E-state index contributed by atoms with van der Waals surface area (Å²) in [7, 11) is 1.64. The summed E-state index contributed by atoms with van der Waals surface area (Å²) in [4.78, 5) is 26.8. The maximum atomic E-state index is 12.6. The number of ether oxygens (including phenoxy) is 1. The Morgan fingerprint density at radius 2 is 2.00 bits per heavy atom. The molecule has 1 aromatic carbocycles. The van der Waals surface area contributed by atoms with Gasteiger partial charge in [-0.25, -0.2) is 0 Å². The Bertz CT molecular complexity index is 845. The average molecular weight is 401 g/mol. The zero-order chi connectivity index (χ0) is 19.5. The molecule has 8 heteroatoms. The lowest BCUT2D eigenvalue weighted by molar-refractivity contribution is -0.129. The van der Waals surface area contributed by atoms with Crippen LogP contribution in [0.1, 0.15) is 42.7 Å². The van der Waals surface area contributed by atoms with E-state index in [0.29, 0.717) is 30.6 Å². The van der Waals surface area contributed by atoms with E-state index in [-0.39, 0.29) is 17.7 Å². The molecule has 0 bridgehead atoms. The molecule has 7 nitrogen and oxygen atoms in total. The highest BCUT2D eigenvalue weighted by Gasteiger charge is 2.38. The summed E-state index contributed by atoms with van der Waals surface area (Å²) < 4.78 is 5.16. The summed E-state index contributed by atoms with van der Waals surface area (Å²) in [6, 6.07) is 8.11. The second-order valence-corrected chi connectivity index (χ2v) is 8.46. The van der Waals surface area contributed by atoms with Crippen LogP contribution in [0.2, 0.25) is 0 Å². The molecule has 1 aliphatic carbocycles. The van der Waals surface area contributed by atoms with Crippen molar-refractivity contribution in [1.82, 2.24) is 15.1 Å². The third kappa shape index (κ3) is 4.16. The first kappa shape index (κ1) is 18.9. The highest BCUT2D eigenvalue weighted by Crippen LogP contribution is 2.30. The first-order chi connectivity index (χ1) is 13.6. The van der Waals surface area contributed by atoms with Crippen molar-refractivity contribution < 1.29 is 14.3 Å². The molecular weight excluding hydrogens is 376 g/mol. The second kappa shape index (κ2) is 8.26. The van der Waals surface area contributed by atoms with Crippen LogP contribution in [0.5, 0.6) is 5.75 Å². The first-order valence-corrected chi connectivity index (χ1v) is 10.5. The van der Waals surface area contributed by atoms with Crippen LogP contribution < -0.4 is 10.1 Å². The number of benzene rings is 1. The van der Waals surface area contributed by atoms with Gasteiger partial charge in [0.2, 0.25) is 16.9 Å². The average Bonchev–Trinajstić information content (AvgIpc) is 3.44. The molecule has 1 saturated carbocycles. The summed E-state index contributed by atoms with van der Waals surface area (Å²) in [6.45, 7) is 0.521. The van der Waals surface area contributed by atoms with E-state index in [1.54, 1.807) is 7.11 Å². The maximum Gasteiger partial charge on any atom is 0.231 e. The molecular formula is C20H24N4O3S. The van der Waals surface area contributed by atoms with Crippen LogP contribution in [0.25, 0.3) is 0 Å². The van der Waals surface area contributed by atoms with Crippen LogP contribution in [0.4, 0.5) is 5.13 Å². The Kier molecular flexibility index (Phi) is 5.57. The van der Waals surface area contributed by atoms with Crippen LogP contribution in [0.3, 0.4) is 0 Å². The minimum atomic E-state index is -0.304. The van der Waals surface area contributed by atoms with E-state index < -0.39 is 0 Å². The normalized spacial score (nSPS) is 20.0. The topological polar surface area (TPSA) is 84.4 Å². The molecule has 0 unspecified atom stereocenters. The number of aromatic nitrogens is 2. The first-order valence-electron chi connectivity index (χ1n) is 9.68. The van der Waals surface area contributed by atoms with Gasteiger partial charge in [-0.15, -0.1) is 10.2 Å². The maximum absolute atomic E-state index is 12.6. The summed E-state index contributed by atoms with van der Waals surface area (Å²) in [6.07, 6.45) is 5.41. The molecule has 0 radical (unpaired) electrons. The quantitative estimate of drug-likeness (QED) is 0.806. The fourth-order valence-corrected chi connectivity index (χ4v) is 4.75. The van der Waals surface area contributed by atoms with E-state index in [9.17, 15) is 9.59 Å². The van der Waals surface area contributed by atoms with E-state index in [0.717, 1.165) is 29.2 Å². The van der Waals surface area contributed by atoms with Gasteiger partial charge in [0.25, 0.3) is 0 Å². The Morgan fingerprint density at radius 1 is 1.25 bits per heavy atom. The van der Waals surface area contributed by atoms with Crippen LogP contribution in [0, 0.1) is 5.92 Å². The van der Waals surface area contributed by atoms with Gasteiger partial charge in [0.1, 0.15) is 10.8 Å². The van der Waals surface area contributed by atoms with Crippen molar-refractivity contribution in [2.45, 2.75) is 44.6 Å².